The Labute approximate surface area is 174 Å². The van der Waals surface area contributed by atoms with E-state index in [9.17, 15) is 27.9 Å². The number of carbonyl (C=O) groups is 1. The molecular formula is C22H18F3NO5. The van der Waals surface area contributed by atoms with Crippen LogP contribution in [0, 0.1) is 0 Å². The number of esters is 1. The summed E-state index contributed by atoms with van der Waals surface area (Å²) < 4.78 is 50.6. The van der Waals surface area contributed by atoms with Crippen LogP contribution >= 0.6 is 0 Å². The molecule has 1 aliphatic rings. The van der Waals surface area contributed by atoms with Gasteiger partial charge in [-0.25, -0.2) is 4.79 Å². The lowest BCUT2D eigenvalue weighted by atomic mass is 10.0. The topological polar surface area (TPSA) is 77.8 Å². The quantitative estimate of drug-likeness (QED) is 0.628. The average Bonchev–Trinajstić information content (AvgIpc) is 2.72. The van der Waals surface area contributed by atoms with Gasteiger partial charge in [0.1, 0.15) is 18.1 Å². The number of ether oxygens (including phenoxy) is 2. The number of rotatable bonds is 4. The van der Waals surface area contributed by atoms with Gasteiger partial charge in [0.15, 0.2) is 5.56 Å². The van der Waals surface area contributed by atoms with Crippen molar-refractivity contribution < 1.29 is 32.5 Å². The van der Waals surface area contributed by atoms with Gasteiger partial charge in [-0.3, -0.25) is 9.36 Å². The Hall–Kier alpha value is -3.49. The first kappa shape index (κ1) is 20.8. The van der Waals surface area contributed by atoms with Crippen LogP contribution in [0.2, 0.25) is 0 Å². The predicted octanol–water partition coefficient (Wildman–Crippen LogP) is 4.08. The minimum atomic E-state index is -4.44. The van der Waals surface area contributed by atoms with E-state index < -0.39 is 40.6 Å². The number of alkyl halides is 3. The van der Waals surface area contributed by atoms with Gasteiger partial charge in [-0.15, -0.1) is 0 Å². The Kier molecular flexibility index (Phi) is 5.12. The molecule has 162 valence electrons. The normalized spacial score (nSPS) is 15.5. The number of pyridine rings is 1. The summed E-state index contributed by atoms with van der Waals surface area (Å²) in [7, 11) is 0. The van der Waals surface area contributed by atoms with Crippen molar-refractivity contribution in [2.24, 2.45) is 0 Å². The largest absolute Gasteiger partial charge is 0.506 e. The highest BCUT2D eigenvalue weighted by atomic mass is 19.4. The van der Waals surface area contributed by atoms with E-state index in [1.54, 1.807) is 25.1 Å². The van der Waals surface area contributed by atoms with Crippen LogP contribution in [-0.4, -0.2) is 28.9 Å². The van der Waals surface area contributed by atoms with Gasteiger partial charge in [0, 0.05) is 5.39 Å². The molecule has 0 radical (unpaired) electrons. The van der Waals surface area contributed by atoms with Gasteiger partial charge in [0.05, 0.1) is 23.7 Å². The van der Waals surface area contributed by atoms with Gasteiger partial charge in [-0.2, -0.15) is 13.2 Å². The van der Waals surface area contributed by atoms with Gasteiger partial charge in [0.2, 0.25) is 0 Å². The van der Waals surface area contributed by atoms with Crippen LogP contribution in [0.25, 0.3) is 10.9 Å². The molecule has 1 atom stereocenters. The van der Waals surface area contributed by atoms with E-state index in [0.29, 0.717) is 16.8 Å². The molecule has 0 saturated carbocycles. The van der Waals surface area contributed by atoms with E-state index in [-0.39, 0.29) is 25.0 Å². The molecule has 9 heteroatoms. The summed E-state index contributed by atoms with van der Waals surface area (Å²) in [6.07, 6.45) is -4.26. The summed E-state index contributed by atoms with van der Waals surface area (Å²) in [5.74, 6) is -1.07. The monoisotopic (exact) mass is 433 g/mol. The molecule has 0 bridgehead atoms. The van der Waals surface area contributed by atoms with Gasteiger partial charge < -0.3 is 14.6 Å². The fourth-order valence-electron chi connectivity index (χ4n) is 3.78. The number of hydrogen-bond donors (Lipinski definition) is 1. The van der Waals surface area contributed by atoms with Crippen molar-refractivity contribution in [1.82, 2.24) is 4.57 Å². The molecule has 3 aromatic rings. The molecule has 0 fully saturated rings. The molecule has 2 heterocycles. The van der Waals surface area contributed by atoms with E-state index >= 15 is 0 Å². The molecule has 1 aromatic heterocycles. The lowest BCUT2D eigenvalue weighted by molar-refractivity contribution is -0.137. The Morgan fingerprint density at radius 3 is 2.58 bits per heavy atom. The summed E-state index contributed by atoms with van der Waals surface area (Å²) in [5, 5.41) is 10.8. The van der Waals surface area contributed by atoms with Gasteiger partial charge >= 0.3 is 12.1 Å². The molecule has 0 saturated heterocycles. The first-order chi connectivity index (χ1) is 14.7. The van der Waals surface area contributed by atoms with Crippen molar-refractivity contribution in [3.05, 3.63) is 69.5 Å². The van der Waals surface area contributed by atoms with E-state index in [1.807, 2.05) is 0 Å². The fourth-order valence-corrected chi connectivity index (χ4v) is 3.78. The Balaban J connectivity index is 1.83. The lowest BCUT2D eigenvalue weighted by Crippen LogP contribution is -2.36. The first-order valence-electron chi connectivity index (χ1n) is 9.58. The van der Waals surface area contributed by atoms with Crippen LogP contribution in [-0.2, 0) is 17.3 Å². The highest BCUT2D eigenvalue weighted by molar-refractivity contribution is 6.01. The minimum absolute atomic E-state index is 0.0217. The van der Waals surface area contributed by atoms with E-state index in [2.05, 4.69) is 0 Å². The summed E-state index contributed by atoms with van der Waals surface area (Å²) in [6.45, 7) is 1.67. The Morgan fingerprint density at radius 1 is 1.23 bits per heavy atom. The number of para-hydroxylation sites is 1. The highest BCUT2D eigenvalue weighted by Crippen LogP contribution is 2.38. The SMILES string of the molecule is CCOC(=O)c1c(O)c2cccc3c2n(c1=O)C(Cc1ccc(C(F)(F)F)cc1)CO3. The molecule has 1 unspecified atom stereocenters. The van der Waals surface area contributed by atoms with Gasteiger partial charge in [-0.05, 0) is 43.2 Å². The van der Waals surface area contributed by atoms with Crippen LogP contribution in [0.3, 0.4) is 0 Å². The minimum Gasteiger partial charge on any atom is -0.506 e. The highest BCUT2D eigenvalue weighted by Gasteiger charge is 2.32. The van der Waals surface area contributed by atoms with Crippen LogP contribution in [0.15, 0.2) is 47.3 Å². The van der Waals surface area contributed by atoms with Crippen molar-refractivity contribution in [2.75, 3.05) is 13.2 Å². The zero-order valence-electron chi connectivity index (χ0n) is 16.4. The molecular weight excluding hydrogens is 415 g/mol. The Bertz CT molecular complexity index is 1220. The second kappa shape index (κ2) is 7.64. The molecule has 0 aliphatic carbocycles. The number of benzene rings is 2. The summed E-state index contributed by atoms with van der Waals surface area (Å²) in [5.41, 5.74) is -1.11. The number of nitrogens with zero attached hydrogens (tertiary/aromatic N) is 1. The maximum atomic E-state index is 13.2. The Morgan fingerprint density at radius 2 is 1.94 bits per heavy atom. The molecule has 2 aromatic carbocycles. The van der Waals surface area contributed by atoms with Crippen LogP contribution < -0.4 is 10.3 Å². The second-order valence-corrected chi connectivity index (χ2v) is 7.14. The van der Waals surface area contributed by atoms with Gasteiger partial charge in [-0.1, -0.05) is 18.2 Å². The number of aromatic hydroxyl groups is 1. The zero-order valence-corrected chi connectivity index (χ0v) is 16.4. The molecule has 4 rings (SSSR count). The van der Waals surface area contributed by atoms with Crippen molar-refractivity contribution in [3.63, 3.8) is 0 Å². The standard InChI is InChI=1S/C22H18F3NO5/c1-2-30-21(29)17-19(27)15-4-3-5-16-18(15)26(20(17)28)14(11-31-16)10-12-6-8-13(9-7-12)22(23,24)25/h3-9,14,27H,2,10-11H2,1H3. The second-order valence-electron chi connectivity index (χ2n) is 7.14. The molecule has 31 heavy (non-hydrogen) atoms. The third-order valence-corrected chi connectivity index (χ3v) is 5.19. The summed E-state index contributed by atoms with van der Waals surface area (Å²) >= 11 is 0. The van der Waals surface area contributed by atoms with Crippen molar-refractivity contribution in [2.45, 2.75) is 25.6 Å². The third kappa shape index (κ3) is 3.60. The molecule has 0 amide bonds. The molecule has 1 aliphatic heterocycles. The van der Waals surface area contributed by atoms with Gasteiger partial charge in [0.25, 0.3) is 5.56 Å². The van der Waals surface area contributed by atoms with Crippen LogP contribution in [0.5, 0.6) is 11.5 Å². The summed E-state index contributed by atoms with van der Waals surface area (Å²) in [4.78, 5) is 25.6. The van der Waals surface area contributed by atoms with Crippen molar-refractivity contribution >= 4 is 16.9 Å². The van der Waals surface area contributed by atoms with E-state index in [1.165, 1.54) is 16.7 Å². The predicted molar refractivity (Wildman–Crippen MR) is 106 cm³/mol. The maximum Gasteiger partial charge on any atom is 0.416 e. The van der Waals surface area contributed by atoms with Crippen LogP contribution in [0.1, 0.15) is 34.5 Å². The molecule has 1 N–H and O–H groups in total. The maximum absolute atomic E-state index is 13.2. The van der Waals surface area contributed by atoms with Crippen LogP contribution in [0.4, 0.5) is 13.2 Å². The molecule has 6 nitrogen and oxygen atoms in total. The zero-order chi connectivity index (χ0) is 22.3. The first-order valence-corrected chi connectivity index (χ1v) is 9.58. The number of halogens is 3. The van der Waals surface area contributed by atoms with E-state index in [4.69, 9.17) is 9.47 Å². The van der Waals surface area contributed by atoms with Crippen molar-refractivity contribution in [1.29, 1.82) is 0 Å². The fraction of sp³-hybridized carbons (Fsp3) is 0.273. The summed E-state index contributed by atoms with van der Waals surface area (Å²) in [6, 6.07) is 8.86. The third-order valence-electron chi connectivity index (χ3n) is 5.19. The lowest BCUT2D eigenvalue weighted by Gasteiger charge is -2.29. The number of hydrogen-bond acceptors (Lipinski definition) is 5. The molecule has 0 spiro atoms. The van der Waals surface area contributed by atoms with E-state index in [0.717, 1.165) is 12.1 Å². The van der Waals surface area contributed by atoms with Crippen molar-refractivity contribution in [3.8, 4) is 11.5 Å². The average molecular weight is 433 g/mol. The number of aromatic nitrogens is 1. The smallest absolute Gasteiger partial charge is 0.416 e. The number of carbonyl (C=O) groups excluding carboxylic acids is 1.